The molecule has 4 rings (SSSR count). The van der Waals surface area contributed by atoms with Crippen LogP contribution in [-0.2, 0) is 21.2 Å². The molecule has 0 aliphatic heterocycles. The smallest absolute Gasteiger partial charge is 0.321 e. The molecule has 0 aliphatic carbocycles. The first-order valence-corrected chi connectivity index (χ1v) is 12.1. The lowest BCUT2D eigenvalue weighted by atomic mass is 10.0. The zero-order valence-electron chi connectivity index (χ0n) is 17.5. The van der Waals surface area contributed by atoms with Gasteiger partial charge in [0.2, 0.25) is 10.0 Å². The normalized spacial score (nSPS) is 12.9. The predicted molar refractivity (Wildman–Crippen MR) is 124 cm³/mol. The molecule has 4 aromatic rings. The molecule has 0 spiro atoms. The lowest BCUT2D eigenvalue weighted by Crippen LogP contribution is -2.40. The number of carboxylic acid groups (broad SMARTS) is 1. The molecule has 1 unspecified atom stereocenters. The van der Waals surface area contributed by atoms with Gasteiger partial charge in [0.25, 0.3) is 0 Å². The molecule has 166 valence electrons. The number of aliphatic carboxylic acids is 1. The highest BCUT2D eigenvalue weighted by Crippen LogP contribution is 2.30. The Labute approximate surface area is 186 Å². The Hall–Kier alpha value is -3.16. The predicted octanol–water partition coefficient (Wildman–Crippen LogP) is 5.12. The third-order valence-corrected chi connectivity index (χ3v) is 7.02. The maximum Gasteiger partial charge on any atom is 0.321 e. The van der Waals surface area contributed by atoms with Gasteiger partial charge in [-0.3, -0.25) is 4.79 Å². The maximum absolute atomic E-state index is 12.9. The minimum absolute atomic E-state index is 0.0203. The van der Waals surface area contributed by atoms with E-state index in [1.165, 1.54) is 17.7 Å². The summed E-state index contributed by atoms with van der Waals surface area (Å²) in [5, 5.41) is 11.0. The Morgan fingerprint density at radius 1 is 0.875 bits per heavy atom. The zero-order valence-corrected chi connectivity index (χ0v) is 18.3. The lowest BCUT2D eigenvalue weighted by molar-refractivity contribution is -0.139. The van der Waals surface area contributed by atoms with E-state index in [4.69, 9.17) is 4.42 Å². The molecule has 2 N–H and O–H groups in total. The van der Waals surface area contributed by atoms with E-state index in [1.54, 1.807) is 6.07 Å². The average molecular weight is 452 g/mol. The molecule has 1 heterocycles. The molecule has 1 aromatic heterocycles. The second kappa shape index (κ2) is 9.54. The molecule has 7 heteroatoms. The SMILES string of the molecule is O=C(O)C(CCCCCc1ccccc1)NS(=O)(=O)c1ccc2oc3ccccc3c2c1. The van der Waals surface area contributed by atoms with Crippen molar-refractivity contribution in [1.82, 2.24) is 4.72 Å². The monoisotopic (exact) mass is 451 g/mol. The first-order valence-electron chi connectivity index (χ1n) is 10.6. The second-order valence-electron chi connectivity index (χ2n) is 7.85. The molecule has 6 nitrogen and oxygen atoms in total. The number of unbranched alkanes of at least 4 members (excludes halogenated alkanes) is 2. The number of para-hydroxylation sites is 1. The van der Waals surface area contributed by atoms with E-state index in [0.29, 0.717) is 23.0 Å². The van der Waals surface area contributed by atoms with Crippen LogP contribution < -0.4 is 4.72 Å². The van der Waals surface area contributed by atoms with Gasteiger partial charge in [0.1, 0.15) is 17.2 Å². The Balaban J connectivity index is 1.41. The number of furan rings is 1. The maximum atomic E-state index is 12.9. The van der Waals surface area contributed by atoms with Crippen LogP contribution in [0.1, 0.15) is 31.2 Å². The largest absolute Gasteiger partial charge is 0.480 e. The fourth-order valence-corrected chi connectivity index (χ4v) is 5.11. The van der Waals surface area contributed by atoms with E-state index in [9.17, 15) is 18.3 Å². The van der Waals surface area contributed by atoms with E-state index in [2.05, 4.69) is 16.9 Å². The number of rotatable bonds is 10. The highest BCUT2D eigenvalue weighted by atomic mass is 32.2. The summed E-state index contributed by atoms with van der Waals surface area (Å²) in [4.78, 5) is 11.7. The number of fused-ring (bicyclic) bond motifs is 3. The molecule has 1 atom stereocenters. The summed E-state index contributed by atoms with van der Waals surface area (Å²) in [6.07, 6.45) is 3.53. The van der Waals surface area contributed by atoms with Crippen LogP contribution in [0.3, 0.4) is 0 Å². The fraction of sp³-hybridized carbons (Fsp3) is 0.240. The van der Waals surface area contributed by atoms with Gasteiger partial charge in [-0.25, -0.2) is 8.42 Å². The number of benzene rings is 3. The zero-order chi connectivity index (χ0) is 22.6. The molecule has 0 aliphatic rings. The summed E-state index contributed by atoms with van der Waals surface area (Å²) in [5.41, 5.74) is 2.49. The van der Waals surface area contributed by atoms with Crippen LogP contribution in [0.5, 0.6) is 0 Å². The van der Waals surface area contributed by atoms with Crippen molar-refractivity contribution in [2.45, 2.75) is 43.0 Å². The summed E-state index contributed by atoms with van der Waals surface area (Å²) in [6, 6.07) is 20.9. The van der Waals surface area contributed by atoms with Gasteiger partial charge in [0, 0.05) is 10.8 Å². The first-order chi connectivity index (χ1) is 15.4. The number of hydrogen-bond acceptors (Lipinski definition) is 4. The van der Waals surface area contributed by atoms with Crippen LogP contribution in [0, 0.1) is 0 Å². The Morgan fingerprint density at radius 3 is 2.38 bits per heavy atom. The van der Waals surface area contributed by atoms with Gasteiger partial charge in [0.05, 0.1) is 4.90 Å². The van der Waals surface area contributed by atoms with E-state index < -0.39 is 22.0 Å². The quantitative estimate of drug-likeness (QED) is 0.326. The van der Waals surface area contributed by atoms with Gasteiger partial charge in [-0.1, -0.05) is 61.4 Å². The van der Waals surface area contributed by atoms with Gasteiger partial charge < -0.3 is 9.52 Å². The number of hydrogen-bond donors (Lipinski definition) is 2. The third-order valence-electron chi connectivity index (χ3n) is 5.56. The average Bonchev–Trinajstić information content (AvgIpc) is 3.16. The first kappa shape index (κ1) is 22.0. The fourth-order valence-electron chi connectivity index (χ4n) is 3.86. The molecule has 0 bridgehead atoms. The number of sulfonamides is 1. The van der Waals surface area contributed by atoms with Crippen molar-refractivity contribution in [2.75, 3.05) is 0 Å². The van der Waals surface area contributed by atoms with Crippen LogP contribution in [0.2, 0.25) is 0 Å². The van der Waals surface area contributed by atoms with Crippen LogP contribution >= 0.6 is 0 Å². The van der Waals surface area contributed by atoms with Crippen LogP contribution in [0.15, 0.2) is 82.1 Å². The standard InChI is InChI=1S/C25H25NO5S/c27-25(28)22(13-6-2-5-11-18-9-3-1-4-10-18)26-32(29,30)19-15-16-24-21(17-19)20-12-7-8-14-23(20)31-24/h1,3-4,7-10,12,14-17,22,26H,2,5-6,11,13H2,(H,27,28). The minimum atomic E-state index is -4.00. The summed E-state index contributed by atoms with van der Waals surface area (Å²) in [5.74, 6) is -1.17. The van der Waals surface area contributed by atoms with E-state index in [0.717, 1.165) is 24.6 Å². The number of carboxylic acids is 1. The van der Waals surface area contributed by atoms with Crippen LogP contribution in [0.4, 0.5) is 0 Å². The number of aryl methyl sites for hydroxylation is 1. The van der Waals surface area contributed by atoms with Gasteiger partial charge in [-0.15, -0.1) is 0 Å². The summed E-state index contributed by atoms with van der Waals surface area (Å²) in [6.45, 7) is 0. The minimum Gasteiger partial charge on any atom is -0.480 e. The summed E-state index contributed by atoms with van der Waals surface area (Å²) < 4.78 is 33.9. The highest BCUT2D eigenvalue weighted by Gasteiger charge is 2.25. The van der Waals surface area contributed by atoms with Gasteiger partial charge >= 0.3 is 5.97 Å². The van der Waals surface area contributed by atoms with Gasteiger partial charge in [0.15, 0.2) is 0 Å². The highest BCUT2D eigenvalue weighted by molar-refractivity contribution is 7.89. The molecule has 0 amide bonds. The van der Waals surface area contributed by atoms with E-state index in [-0.39, 0.29) is 11.3 Å². The van der Waals surface area contributed by atoms with Crippen molar-refractivity contribution < 1.29 is 22.7 Å². The second-order valence-corrected chi connectivity index (χ2v) is 9.57. The van der Waals surface area contributed by atoms with Crippen molar-refractivity contribution in [3.63, 3.8) is 0 Å². The molecule has 0 fully saturated rings. The Kier molecular flexibility index (Phi) is 6.58. The Bertz CT molecular complexity index is 1330. The third kappa shape index (κ3) is 5.00. The van der Waals surface area contributed by atoms with Crippen LogP contribution in [-0.4, -0.2) is 25.5 Å². The van der Waals surface area contributed by atoms with E-state index in [1.807, 2.05) is 42.5 Å². The number of nitrogens with one attached hydrogen (secondary N) is 1. The molecule has 0 saturated heterocycles. The van der Waals surface area contributed by atoms with Crippen molar-refractivity contribution in [2.24, 2.45) is 0 Å². The topological polar surface area (TPSA) is 96.6 Å². The van der Waals surface area contributed by atoms with Gasteiger partial charge in [-0.05, 0) is 49.1 Å². The van der Waals surface area contributed by atoms with Crippen molar-refractivity contribution in [3.8, 4) is 0 Å². The van der Waals surface area contributed by atoms with Crippen LogP contribution in [0.25, 0.3) is 21.9 Å². The molecule has 3 aromatic carbocycles. The summed E-state index contributed by atoms with van der Waals surface area (Å²) >= 11 is 0. The molecular weight excluding hydrogens is 426 g/mol. The summed E-state index contributed by atoms with van der Waals surface area (Å²) in [7, 11) is -4.00. The molecule has 32 heavy (non-hydrogen) atoms. The Morgan fingerprint density at radius 2 is 1.59 bits per heavy atom. The number of carbonyl (C=O) groups is 1. The van der Waals surface area contributed by atoms with Crippen molar-refractivity contribution in [3.05, 3.63) is 78.4 Å². The van der Waals surface area contributed by atoms with E-state index >= 15 is 0 Å². The van der Waals surface area contributed by atoms with Gasteiger partial charge in [-0.2, -0.15) is 4.72 Å². The van der Waals surface area contributed by atoms with Crippen molar-refractivity contribution >= 4 is 37.9 Å². The lowest BCUT2D eigenvalue weighted by Gasteiger charge is -2.15. The molecule has 0 radical (unpaired) electrons. The molecular formula is C25H25NO5S. The molecule has 0 saturated carbocycles. The van der Waals surface area contributed by atoms with Crippen molar-refractivity contribution in [1.29, 1.82) is 0 Å².